The van der Waals surface area contributed by atoms with Gasteiger partial charge in [-0.1, -0.05) is 6.07 Å². The number of benzene rings is 6. The number of carbonyl (C=O) groups is 2. The van der Waals surface area contributed by atoms with E-state index in [1.807, 2.05) is 12.5 Å². The van der Waals surface area contributed by atoms with Crippen LogP contribution in [-0.2, 0) is 266 Å². The molecule has 25 nitrogen and oxygen atoms in total. The largest absolute Gasteiger partial charge is 0.547 e. The van der Waals surface area contributed by atoms with E-state index in [-0.39, 0.29) is 287 Å². The summed E-state index contributed by atoms with van der Waals surface area (Å²) in [6, 6.07) is 32.1. The fourth-order valence-electron chi connectivity index (χ4n) is 5.68. The van der Waals surface area contributed by atoms with Crippen LogP contribution >= 0.6 is 51.2 Å². The van der Waals surface area contributed by atoms with Crippen molar-refractivity contribution in [3.8, 4) is 5.75 Å². The minimum atomic E-state index is -3.68. The SMILES string of the molecule is C[N-]S(=O)(=O)c1ccc(Br)c(C(=O)OC)c1.C[N-]S(=O)(=O)c1ccc(OC(F)F)cc1.C[N-]S(=O)(=O)c1ccc(SC)cc1.C[N-]S(=O)(=O)c1ccc(SC)cc1.C[N-]S(=O)(=O)c1ccc2nsnc2c1.C[N-]S(=O)(=O)c1cccc(C(=O)OC)c1.[CH3-].[CH3-].[CH3-].[CH3-].[CH3-].[CH3-].[Y].[Y].[Y].[Y].[Y].[Y]. The molecular weight excluding hydrogens is 1980 g/mol. The summed E-state index contributed by atoms with van der Waals surface area (Å²) in [6.45, 7) is -2.93. The summed E-state index contributed by atoms with van der Waals surface area (Å²) in [7, 11) is -11.6. The second-order valence-corrected chi connectivity index (χ2v) is 29.1. The zero-order chi connectivity index (χ0) is 65.3. The van der Waals surface area contributed by atoms with Crippen molar-refractivity contribution >= 4 is 134 Å². The second-order valence-electron chi connectivity index (χ2n) is 15.2. The van der Waals surface area contributed by atoms with Crippen molar-refractivity contribution in [3.63, 3.8) is 0 Å². The summed E-state index contributed by atoms with van der Waals surface area (Å²) < 4.78 is 200. The predicted octanol–water partition coefficient (Wildman–Crippen LogP) is 13.3. The maximum Gasteiger partial charge on any atom is 0.387 e. The van der Waals surface area contributed by atoms with Gasteiger partial charge < -0.3 is 87.1 Å². The summed E-state index contributed by atoms with van der Waals surface area (Å²) >= 11 is 7.33. The number of aromatic nitrogens is 2. The summed E-state index contributed by atoms with van der Waals surface area (Å²) in [5.74, 6) is -1.29. The van der Waals surface area contributed by atoms with Crippen LogP contribution in [0.15, 0.2) is 177 Å². The number of alkyl halides is 2. The van der Waals surface area contributed by atoms with E-state index in [2.05, 4.69) is 67.2 Å². The van der Waals surface area contributed by atoms with Crippen molar-refractivity contribution in [3.05, 3.63) is 222 Å². The van der Waals surface area contributed by atoms with Gasteiger partial charge in [0.15, 0.2) is 0 Å². The van der Waals surface area contributed by atoms with E-state index < -0.39 is 78.7 Å². The molecule has 1 heterocycles. The molecule has 0 aliphatic rings. The number of hydrogen-bond donors (Lipinski definition) is 0. The van der Waals surface area contributed by atoms with Crippen LogP contribution in [0.2, 0.25) is 0 Å². The van der Waals surface area contributed by atoms with Crippen LogP contribution in [0.25, 0.3) is 39.4 Å². The zero-order valence-corrected chi connectivity index (χ0v) is 82.0. The van der Waals surface area contributed by atoms with Gasteiger partial charge in [-0.25, -0.2) is 60.1 Å². The molecule has 98 heavy (non-hydrogen) atoms. The monoisotopic (exact) mass is 2050 g/mol. The summed E-state index contributed by atoms with van der Waals surface area (Å²) in [5, 5.41) is 0. The first kappa shape index (κ1) is 123. The molecule has 0 unspecified atom stereocenters. The van der Waals surface area contributed by atoms with E-state index in [0.29, 0.717) is 15.5 Å². The number of halogens is 3. The van der Waals surface area contributed by atoms with Crippen molar-refractivity contribution in [2.75, 3.05) is 69.0 Å². The van der Waals surface area contributed by atoms with Crippen molar-refractivity contribution in [2.45, 2.75) is 45.8 Å². The molecule has 1 aromatic heterocycles. The van der Waals surface area contributed by atoms with Gasteiger partial charge in [-0.2, -0.15) is 59.8 Å². The average Bonchev–Trinajstić information content (AvgIpc) is 1.35. The molecule has 6 radical (unpaired) electrons. The Morgan fingerprint density at radius 1 is 0.429 bits per heavy atom. The number of hydrogen-bond acceptors (Lipinski definition) is 22. The number of rotatable bonds is 18. The molecule has 43 heteroatoms. The smallest absolute Gasteiger partial charge is 0.387 e. The summed E-state index contributed by atoms with van der Waals surface area (Å²) in [5.41, 5.74) is 1.61. The molecule has 0 saturated carbocycles. The molecule has 0 aliphatic heterocycles. The molecule has 0 aliphatic carbocycles. The van der Waals surface area contributed by atoms with E-state index >= 15 is 0 Å². The number of sulfonamides is 6. The van der Waals surface area contributed by atoms with Gasteiger partial charge in [-0.15, -0.1) is 23.5 Å². The van der Waals surface area contributed by atoms with Crippen LogP contribution in [0.5, 0.6) is 5.75 Å². The molecule has 0 saturated heterocycles. The topological polar surface area (TPSA) is 377 Å². The van der Waals surface area contributed by atoms with Crippen LogP contribution < -0.4 is 4.74 Å². The van der Waals surface area contributed by atoms with Gasteiger partial charge in [0.2, 0.25) is 0 Å². The average molecular weight is 2060 g/mol. The van der Waals surface area contributed by atoms with Crippen LogP contribution in [0.4, 0.5) is 8.78 Å². The first-order chi connectivity index (χ1) is 40.2. The van der Waals surface area contributed by atoms with Crippen LogP contribution in [-0.4, -0.2) is 147 Å². The maximum atomic E-state index is 11.8. The molecule has 538 valence electrons. The van der Waals surface area contributed by atoms with Gasteiger partial charge in [-0.05, 0) is 156 Å². The molecule has 0 N–H and O–H groups in total. The van der Waals surface area contributed by atoms with Crippen LogP contribution in [0.1, 0.15) is 20.7 Å². The molecule has 0 fully saturated rings. The number of fused-ring (bicyclic) bond motifs is 1. The fourth-order valence-corrected chi connectivity index (χ4v) is 11.7. The zero-order valence-electron chi connectivity index (χ0n) is 56.1. The molecule has 0 atom stereocenters. The van der Waals surface area contributed by atoms with Crippen molar-refractivity contribution in [1.82, 2.24) is 8.75 Å². The number of esters is 2. The van der Waals surface area contributed by atoms with Gasteiger partial charge in [0, 0.05) is 235 Å². The molecule has 0 spiro atoms. The molecule has 7 aromatic rings. The fraction of sp³-hybridized carbons (Fsp3) is 0.200. The Labute approximate surface area is 752 Å². The van der Waals surface area contributed by atoms with Gasteiger partial charge in [0.05, 0.1) is 42.0 Å². The van der Waals surface area contributed by atoms with Crippen molar-refractivity contribution in [2.24, 2.45) is 0 Å². The summed E-state index contributed by atoms with van der Waals surface area (Å²) in [4.78, 5) is 25.0. The van der Waals surface area contributed by atoms with E-state index in [1.54, 1.807) is 78.1 Å². The van der Waals surface area contributed by atoms with Gasteiger partial charge in [-0.3, -0.25) is 0 Å². The third kappa shape index (κ3) is 41.4. The minimum absolute atomic E-state index is 0. The van der Waals surface area contributed by atoms with Crippen LogP contribution in [0, 0.1) is 44.6 Å². The van der Waals surface area contributed by atoms with E-state index in [9.17, 15) is 68.9 Å². The van der Waals surface area contributed by atoms with E-state index in [0.717, 1.165) is 52.8 Å². The molecule has 6 aromatic carbocycles. The quantitative estimate of drug-likeness (QED) is 0.0437. The number of thioether (sulfide) groups is 2. The Morgan fingerprint density at radius 3 is 1.07 bits per heavy atom. The van der Waals surface area contributed by atoms with Gasteiger partial charge >= 0.3 is 18.6 Å². The van der Waals surface area contributed by atoms with Crippen molar-refractivity contribution in [1.29, 1.82) is 0 Å². The number of methoxy groups -OCH3 is 2. The van der Waals surface area contributed by atoms with E-state index in [4.69, 9.17) is 0 Å². The van der Waals surface area contributed by atoms with Crippen molar-refractivity contribution < 1.29 is 279 Å². The summed E-state index contributed by atoms with van der Waals surface area (Å²) in [6.07, 6.45) is 3.88. The normalized spacial score (nSPS) is 10.1. The number of ether oxygens (including phenoxy) is 3. The minimum Gasteiger partial charge on any atom is -0.547 e. The Kier molecular flexibility index (Phi) is 75.1. The van der Waals surface area contributed by atoms with Gasteiger partial charge in [0.25, 0.3) is 0 Å². The Morgan fingerprint density at radius 2 is 0.735 bits per heavy atom. The van der Waals surface area contributed by atoms with Crippen LogP contribution in [0.3, 0.4) is 0 Å². The maximum absolute atomic E-state index is 11.8. The Bertz CT molecular complexity index is 4030. The second kappa shape index (κ2) is 60.0. The number of carbonyl (C=O) groups excluding carboxylic acids is 2. The molecule has 7 rings (SSSR count). The first-order valence-corrected chi connectivity index (χ1v) is 35.6. The molecule has 0 amide bonds. The Hall–Kier alpha value is 1.00. The predicted molar refractivity (Wildman–Crippen MR) is 367 cm³/mol. The number of nitrogens with zero attached hydrogens (tertiary/aromatic N) is 8. The van der Waals surface area contributed by atoms with E-state index in [1.165, 1.54) is 104 Å². The standard InChI is InChI=1S/C9H9BrNO4S.C9H10NO4S.C8H8F2NO3S.2C8H10NO2S2.C7H6N3O2S2.6CH3.6Y/c1-11-16(13,14)6-3-4-8(10)7(5-6)9(12)15-2;1-10-15(12,13)8-5-3-4-7(6-8)9(11)14-2;1-11-15(12,13)7-4-2-6(3-5-7)14-8(9)10;2*1-9-13(10,11)8-5-3-7(12-2)4-6-8;1-8-14(11,12)5-2-3-6-7(4-5)10-13-9-6;;;;;;;;;;;;/h3-5H,1-2H3;3-6H,1-2H3;2-5,8H,1H3;2*3-6H,1-2H3;2-4H,1H3;6*1H3;;;;;;/q12*-1;;;;;;. The molecule has 0 bridgehead atoms. The third-order valence-corrected chi connectivity index (χ3v) is 21.0. The third-order valence-electron chi connectivity index (χ3n) is 10.2. The Balaban J connectivity index is -0.000000101. The molecular formula is C55H71BrF2N8O17S9Y6-12. The van der Waals surface area contributed by atoms with Gasteiger partial charge in [0.1, 0.15) is 76.9 Å². The first-order valence-electron chi connectivity index (χ1n) is 23.0.